The Morgan fingerprint density at radius 3 is 2.32 bits per heavy atom. The van der Waals surface area contributed by atoms with Crippen molar-refractivity contribution in [3.8, 4) is 11.1 Å². The van der Waals surface area contributed by atoms with Gasteiger partial charge in [-0.2, -0.15) is 0 Å². The molecule has 9 heteroatoms. The minimum Gasteiger partial charge on any atom is -0.479 e. The van der Waals surface area contributed by atoms with Crippen molar-refractivity contribution in [3.63, 3.8) is 0 Å². The average Bonchev–Trinajstić information content (AvgIpc) is 3.19. The molecule has 4 rings (SSSR count). The molecule has 34 heavy (non-hydrogen) atoms. The predicted octanol–water partition coefficient (Wildman–Crippen LogP) is 2.24. The summed E-state index contributed by atoms with van der Waals surface area (Å²) < 4.78 is 16.1. The van der Waals surface area contributed by atoms with Gasteiger partial charge in [-0.15, -0.1) is 0 Å². The Bertz CT molecular complexity index is 1030. The number of fused-ring (bicyclic) bond motifs is 3. The highest BCUT2D eigenvalue weighted by atomic mass is 16.6. The second kappa shape index (κ2) is 10.2. The van der Waals surface area contributed by atoms with Crippen LogP contribution < -0.4 is 5.32 Å². The normalized spacial score (nSPS) is 19.0. The lowest BCUT2D eigenvalue weighted by Gasteiger charge is -2.34. The van der Waals surface area contributed by atoms with Crippen molar-refractivity contribution < 1.29 is 33.7 Å². The zero-order valence-electron chi connectivity index (χ0n) is 19.1. The van der Waals surface area contributed by atoms with Crippen LogP contribution in [0, 0.1) is 0 Å². The number of nitrogens with one attached hydrogen (secondary N) is 1. The second-order valence-electron chi connectivity index (χ2n) is 8.37. The van der Waals surface area contributed by atoms with Crippen LogP contribution in [-0.4, -0.2) is 79.6 Å². The number of rotatable bonds is 7. The Hall–Kier alpha value is -3.43. The standard InChI is InChI=1S/C25H28N2O7/c1-15(32-2)22(23(28)27-11-12-33-21(13-27)24(29)30)26-25(31)34-14-20-18-9-5-3-7-16(18)17-8-4-6-10-19(17)20/h3-10,15,20-22H,11-14H2,1-2H3,(H,26,31)(H,29,30). The molecule has 9 nitrogen and oxygen atoms in total. The zero-order valence-corrected chi connectivity index (χ0v) is 19.1. The second-order valence-corrected chi connectivity index (χ2v) is 8.37. The SMILES string of the molecule is COC(C)C(NC(=O)OCC1c2ccccc2-c2ccccc21)C(=O)N1CCOC(C(=O)O)C1. The van der Waals surface area contributed by atoms with Crippen molar-refractivity contribution in [2.45, 2.75) is 31.1 Å². The van der Waals surface area contributed by atoms with E-state index in [9.17, 15) is 19.5 Å². The third-order valence-electron chi connectivity index (χ3n) is 6.38. The third kappa shape index (κ3) is 4.76. The zero-order chi connectivity index (χ0) is 24.2. The Labute approximate surface area is 197 Å². The molecule has 2 amide bonds. The van der Waals surface area contributed by atoms with Crippen molar-refractivity contribution in [3.05, 3.63) is 59.7 Å². The van der Waals surface area contributed by atoms with Crippen LogP contribution >= 0.6 is 0 Å². The van der Waals surface area contributed by atoms with Crippen LogP contribution in [0.1, 0.15) is 24.0 Å². The summed E-state index contributed by atoms with van der Waals surface area (Å²) in [5, 5.41) is 11.8. The maximum Gasteiger partial charge on any atom is 0.407 e. The van der Waals surface area contributed by atoms with E-state index in [1.165, 1.54) is 12.0 Å². The summed E-state index contributed by atoms with van der Waals surface area (Å²) >= 11 is 0. The van der Waals surface area contributed by atoms with Gasteiger partial charge in [-0.05, 0) is 29.2 Å². The van der Waals surface area contributed by atoms with E-state index in [4.69, 9.17) is 14.2 Å². The molecule has 2 aromatic rings. The monoisotopic (exact) mass is 468 g/mol. The Morgan fingerprint density at radius 1 is 1.12 bits per heavy atom. The average molecular weight is 469 g/mol. The van der Waals surface area contributed by atoms with Gasteiger partial charge in [-0.1, -0.05) is 48.5 Å². The van der Waals surface area contributed by atoms with E-state index in [1.807, 2.05) is 36.4 Å². The van der Waals surface area contributed by atoms with Gasteiger partial charge in [-0.25, -0.2) is 9.59 Å². The topological polar surface area (TPSA) is 114 Å². The summed E-state index contributed by atoms with van der Waals surface area (Å²) in [6.45, 7) is 1.99. The maximum atomic E-state index is 13.1. The lowest BCUT2D eigenvalue weighted by atomic mass is 9.98. The van der Waals surface area contributed by atoms with E-state index in [0.717, 1.165) is 22.3 Å². The van der Waals surface area contributed by atoms with Gasteiger partial charge in [0.25, 0.3) is 0 Å². The van der Waals surface area contributed by atoms with Crippen molar-refractivity contribution in [2.75, 3.05) is 33.4 Å². The number of amides is 2. The van der Waals surface area contributed by atoms with Crippen LogP contribution in [0.5, 0.6) is 0 Å². The fraction of sp³-hybridized carbons (Fsp3) is 0.400. The van der Waals surface area contributed by atoms with Gasteiger partial charge in [-0.3, -0.25) is 4.79 Å². The van der Waals surface area contributed by atoms with Crippen LogP contribution in [0.2, 0.25) is 0 Å². The summed E-state index contributed by atoms with van der Waals surface area (Å²) in [7, 11) is 1.43. The van der Waals surface area contributed by atoms with Crippen molar-refractivity contribution in [2.24, 2.45) is 0 Å². The lowest BCUT2D eigenvalue weighted by molar-refractivity contribution is -0.160. The fourth-order valence-corrected chi connectivity index (χ4v) is 4.48. The number of carboxylic acids is 1. The molecule has 0 bridgehead atoms. The highest BCUT2D eigenvalue weighted by Gasteiger charge is 2.36. The number of nitrogens with zero attached hydrogens (tertiary/aromatic N) is 1. The minimum atomic E-state index is -1.14. The number of ether oxygens (including phenoxy) is 3. The molecule has 2 N–H and O–H groups in total. The first-order valence-electron chi connectivity index (χ1n) is 11.2. The van der Waals surface area contributed by atoms with E-state index in [2.05, 4.69) is 17.4 Å². The first kappa shape index (κ1) is 23.7. The van der Waals surface area contributed by atoms with Crippen LogP contribution in [0.4, 0.5) is 4.79 Å². The number of methoxy groups -OCH3 is 1. The number of morpholine rings is 1. The number of carbonyl (C=O) groups is 3. The van der Waals surface area contributed by atoms with Gasteiger partial charge in [0.05, 0.1) is 19.3 Å². The van der Waals surface area contributed by atoms with Gasteiger partial charge < -0.3 is 29.5 Å². The Morgan fingerprint density at radius 2 is 1.74 bits per heavy atom. The van der Waals surface area contributed by atoms with Gasteiger partial charge in [0.1, 0.15) is 12.6 Å². The predicted molar refractivity (Wildman–Crippen MR) is 122 cm³/mol. The molecule has 3 atom stereocenters. The number of alkyl carbamates (subject to hydrolysis) is 1. The van der Waals surface area contributed by atoms with E-state index in [-0.39, 0.29) is 32.2 Å². The molecule has 0 radical (unpaired) electrons. The summed E-state index contributed by atoms with van der Waals surface area (Å²) in [5.41, 5.74) is 4.41. The van der Waals surface area contributed by atoms with Crippen LogP contribution in [0.3, 0.4) is 0 Å². The summed E-state index contributed by atoms with van der Waals surface area (Å²) in [4.78, 5) is 38.5. The smallest absolute Gasteiger partial charge is 0.407 e. The van der Waals surface area contributed by atoms with Gasteiger partial charge in [0.2, 0.25) is 5.91 Å². The molecule has 0 spiro atoms. The quantitative estimate of drug-likeness (QED) is 0.641. The molecule has 0 aromatic heterocycles. The van der Waals surface area contributed by atoms with E-state index < -0.39 is 36.2 Å². The first-order chi connectivity index (χ1) is 16.4. The van der Waals surface area contributed by atoms with E-state index in [1.54, 1.807) is 6.92 Å². The lowest BCUT2D eigenvalue weighted by Crippen LogP contribution is -2.58. The highest BCUT2D eigenvalue weighted by molar-refractivity contribution is 5.87. The minimum absolute atomic E-state index is 0.0989. The molecule has 0 saturated carbocycles. The number of hydrogen-bond acceptors (Lipinski definition) is 6. The molecule has 2 aromatic carbocycles. The molecule has 1 heterocycles. The van der Waals surface area contributed by atoms with Crippen LogP contribution in [-0.2, 0) is 23.8 Å². The number of hydrogen-bond donors (Lipinski definition) is 2. The largest absolute Gasteiger partial charge is 0.479 e. The molecule has 2 aliphatic rings. The number of aliphatic carboxylic acids is 1. The highest BCUT2D eigenvalue weighted by Crippen LogP contribution is 2.44. The molecular formula is C25H28N2O7. The van der Waals surface area contributed by atoms with E-state index >= 15 is 0 Å². The van der Waals surface area contributed by atoms with E-state index in [0.29, 0.717) is 0 Å². The molecule has 1 fully saturated rings. The van der Waals surface area contributed by atoms with Crippen molar-refractivity contribution in [1.29, 1.82) is 0 Å². The summed E-state index contributed by atoms with van der Waals surface area (Å²) in [6, 6.07) is 15.0. The first-order valence-corrected chi connectivity index (χ1v) is 11.2. The van der Waals surface area contributed by atoms with Gasteiger partial charge >= 0.3 is 12.1 Å². The van der Waals surface area contributed by atoms with Gasteiger partial charge in [0, 0.05) is 19.6 Å². The van der Waals surface area contributed by atoms with Crippen LogP contribution in [0.15, 0.2) is 48.5 Å². The van der Waals surface area contributed by atoms with Gasteiger partial charge in [0.15, 0.2) is 6.10 Å². The van der Waals surface area contributed by atoms with Crippen molar-refractivity contribution >= 4 is 18.0 Å². The number of benzene rings is 2. The van der Waals surface area contributed by atoms with Crippen LogP contribution in [0.25, 0.3) is 11.1 Å². The van der Waals surface area contributed by atoms with Crippen molar-refractivity contribution in [1.82, 2.24) is 10.2 Å². The Kier molecular flexibility index (Phi) is 7.14. The Balaban J connectivity index is 1.43. The molecule has 1 aliphatic heterocycles. The maximum absolute atomic E-state index is 13.1. The molecule has 1 aliphatic carbocycles. The molecule has 180 valence electrons. The molecule has 3 unspecified atom stereocenters. The summed E-state index contributed by atoms with van der Waals surface area (Å²) in [6.07, 6.45) is -2.50. The molecular weight excluding hydrogens is 440 g/mol. The number of carbonyl (C=O) groups excluding carboxylic acids is 2. The third-order valence-corrected chi connectivity index (χ3v) is 6.38. The molecule has 1 saturated heterocycles. The fourth-order valence-electron chi connectivity index (χ4n) is 4.48. The number of carboxylic acid groups (broad SMARTS) is 1. The summed E-state index contributed by atoms with van der Waals surface area (Å²) in [5.74, 6) is -1.70.